The fourth-order valence-electron chi connectivity index (χ4n) is 0.759. The van der Waals surface area contributed by atoms with E-state index in [4.69, 9.17) is 10.3 Å². The highest BCUT2D eigenvalue weighted by Crippen LogP contribution is 1.83. The molecule has 0 aromatic heterocycles. The predicted octanol–water partition coefficient (Wildman–Crippen LogP) is 0.212. The third kappa shape index (κ3) is 10.3. The molecule has 0 bridgehead atoms. The Balaban J connectivity index is 3.26. The fraction of sp³-hybridized carbons (Fsp3) is 0.750. The van der Waals surface area contributed by atoms with Crippen molar-refractivity contribution in [2.45, 2.75) is 0 Å². The van der Waals surface area contributed by atoms with Crippen molar-refractivity contribution in [3.05, 3.63) is 10.4 Å². The first-order chi connectivity index (χ1) is 8.20. The highest BCUT2D eigenvalue weighted by molar-refractivity contribution is 5.78. The van der Waals surface area contributed by atoms with Gasteiger partial charge >= 0.3 is 6.16 Å². The maximum atomic E-state index is 10.9. The summed E-state index contributed by atoms with van der Waals surface area (Å²) in [5.41, 5.74) is 7.95. The Bertz CT molecular complexity index is 290. The zero-order chi connectivity index (χ0) is 12.9. The van der Waals surface area contributed by atoms with Crippen molar-refractivity contribution in [1.29, 1.82) is 0 Å². The molecule has 0 saturated heterocycles. The molecular weight excluding hydrogens is 232 g/mol. The van der Waals surface area contributed by atoms with Crippen LogP contribution >= 0.6 is 0 Å². The summed E-state index contributed by atoms with van der Waals surface area (Å²) >= 11 is 0. The van der Waals surface area contributed by atoms with Gasteiger partial charge in [-0.25, -0.2) is 4.79 Å². The maximum Gasteiger partial charge on any atom is 0.508 e. The highest BCUT2D eigenvalue weighted by Gasteiger charge is 2.00. The van der Waals surface area contributed by atoms with Crippen LogP contribution in [0.3, 0.4) is 0 Å². The van der Waals surface area contributed by atoms with Crippen molar-refractivity contribution in [2.24, 2.45) is 5.11 Å². The summed E-state index contributed by atoms with van der Waals surface area (Å²) in [6.45, 7) is 0.618. The molecule has 0 aliphatic heterocycles. The van der Waals surface area contributed by atoms with Gasteiger partial charge in [-0.3, -0.25) is 4.79 Å². The molecule has 9 nitrogen and oxygen atoms in total. The Hall–Kier alpha value is -1.99. The molecule has 0 aliphatic rings. The number of methoxy groups -OCH3 is 1. The summed E-state index contributed by atoms with van der Waals surface area (Å²) in [5, 5.41) is 5.55. The first-order valence-corrected chi connectivity index (χ1v) is 4.76. The summed E-state index contributed by atoms with van der Waals surface area (Å²) < 4.78 is 13.8. The van der Waals surface area contributed by atoms with E-state index in [-0.39, 0.29) is 38.8 Å². The predicted molar refractivity (Wildman–Crippen MR) is 56.2 cm³/mol. The topological polar surface area (TPSA) is 123 Å². The lowest BCUT2D eigenvalue weighted by molar-refractivity contribution is -0.119. The SMILES string of the molecule is COC(=O)OCCOCCNC(=O)CN=[N+]=[N-]. The molecule has 0 atom stereocenters. The smallest absolute Gasteiger partial charge is 0.438 e. The van der Waals surface area contributed by atoms with Gasteiger partial charge < -0.3 is 19.5 Å². The second kappa shape index (κ2) is 10.5. The molecule has 0 spiro atoms. The molecule has 17 heavy (non-hydrogen) atoms. The van der Waals surface area contributed by atoms with Crippen molar-refractivity contribution in [3.8, 4) is 0 Å². The first kappa shape index (κ1) is 15.0. The van der Waals surface area contributed by atoms with Crippen molar-refractivity contribution in [2.75, 3.05) is 40.0 Å². The number of nitrogens with zero attached hydrogens (tertiary/aromatic N) is 3. The lowest BCUT2D eigenvalue weighted by Gasteiger charge is -2.05. The van der Waals surface area contributed by atoms with E-state index in [2.05, 4.69) is 24.8 Å². The number of nitrogens with one attached hydrogen (secondary N) is 1. The minimum atomic E-state index is -0.767. The highest BCUT2D eigenvalue weighted by atomic mass is 16.7. The Kier molecular flexibility index (Phi) is 9.29. The molecule has 0 aromatic carbocycles. The molecule has 0 aromatic rings. The van der Waals surface area contributed by atoms with Gasteiger partial charge in [0.15, 0.2) is 0 Å². The Labute approximate surface area is 97.6 Å². The van der Waals surface area contributed by atoms with Gasteiger partial charge in [-0.15, -0.1) is 0 Å². The molecule has 0 rings (SSSR count). The first-order valence-electron chi connectivity index (χ1n) is 4.76. The number of rotatable bonds is 8. The second-order valence-electron chi connectivity index (χ2n) is 2.65. The van der Waals surface area contributed by atoms with Gasteiger partial charge in [-0.05, 0) is 5.53 Å². The fourth-order valence-corrected chi connectivity index (χ4v) is 0.759. The summed E-state index contributed by atoms with van der Waals surface area (Å²) in [7, 11) is 1.21. The molecule has 0 saturated carbocycles. The van der Waals surface area contributed by atoms with Crippen LogP contribution in [0.15, 0.2) is 5.11 Å². The van der Waals surface area contributed by atoms with Gasteiger partial charge in [0.25, 0.3) is 0 Å². The van der Waals surface area contributed by atoms with E-state index in [9.17, 15) is 9.59 Å². The van der Waals surface area contributed by atoms with Crippen LogP contribution in [0.1, 0.15) is 0 Å². The van der Waals surface area contributed by atoms with Gasteiger partial charge in [0.2, 0.25) is 5.91 Å². The summed E-state index contributed by atoms with van der Waals surface area (Å²) in [6.07, 6.45) is -0.767. The number of azide groups is 1. The van der Waals surface area contributed by atoms with Gasteiger partial charge in [-0.1, -0.05) is 5.11 Å². The molecule has 1 amide bonds. The molecule has 1 N–H and O–H groups in total. The normalized spacial score (nSPS) is 9.00. The van der Waals surface area contributed by atoms with Crippen LogP contribution in [0.2, 0.25) is 0 Å². The molecule has 0 aliphatic carbocycles. The summed E-state index contributed by atoms with van der Waals surface area (Å²) in [4.78, 5) is 23.8. The van der Waals surface area contributed by atoms with Crippen LogP contribution in [0.5, 0.6) is 0 Å². The van der Waals surface area contributed by atoms with Crippen LogP contribution in [-0.2, 0) is 19.0 Å². The maximum absolute atomic E-state index is 10.9. The van der Waals surface area contributed by atoms with Crippen LogP contribution in [-0.4, -0.2) is 52.1 Å². The number of carbonyl (C=O) groups excluding carboxylic acids is 2. The van der Waals surface area contributed by atoms with E-state index < -0.39 is 6.16 Å². The average Bonchev–Trinajstić information content (AvgIpc) is 2.34. The standard InChI is InChI=1S/C8H14N4O5/c1-15-8(14)17-5-4-16-3-2-10-7(13)6-11-12-9/h2-6H2,1H3,(H,10,13). The Morgan fingerprint density at radius 1 is 1.35 bits per heavy atom. The van der Waals surface area contributed by atoms with E-state index in [0.717, 1.165) is 0 Å². The number of amides is 1. The van der Waals surface area contributed by atoms with E-state index in [1.165, 1.54) is 7.11 Å². The molecule has 0 unspecified atom stereocenters. The zero-order valence-electron chi connectivity index (χ0n) is 9.42. The van der Waals surface area contributed by atoms with E-state index in [0.29, 0.717) is 0 Å². The lowest BCUT2D eigenvalue weighted by Crippen LogP contribution is -2.29. The average molecular weight is 246 g/mol. The molecule has 9 heteroatoms. The summed E-state index contributed by atoms with van der Waals surface area (Å²) in [5.74, 6) is -0.378. The van der Waals surface area contributed by atoms with Crippen molar-refractivity contribution in [1.82, 2.24) is 5.32 Å². The summed E-state index contributed by atoms with van der Waals surface area (Å²) in [6, 6.07) is 0. The molecular formula is C8H14N4O5. The molecule has 0 fully saturated rings. The number of hydrogen-bond donors (Lipinski definition) is 1. The quantitative estimate of drug-likeness (QED) is 0.215. The lowest BCUT2D eigenvalue weighted by atomic mass is 10.5. The van der Waals surface area contributed by atoms with Crippen molar-refractivity contribution in [3.63, 3.8) is 0 Å². The van der Waals surface area contributed by atoms with E-state index in [1.54, 1.807) is 0 Å². The minimum Gasteiger partial charge on any atom is -0.438 e. The van der Waals surface area contributed by atoms with Crippen LogP contribution in [0.25, 0.3) is 10.4 Å². The zero-order valence-corrected chi connectivity index (χ0v) is 9.42. The monoisotopic (exact) mass is 246 g/mol. The molecule has 0 heterocycles. The molecule has 96 valence electrons. The van der Waals surface area contributed by atoms with Gasteiger partial charge in [0.05, 0.1) is 20.3 Å². The number of carbonyl (C=O) groups is 2. The van der Waals surface area contributed by atoms with Crippen LogP contribution < -0.4 is 5.32 Å². The van der Waals surface area contributed by atoms with E-state index >= 15 is 0 Å². The number of ether oxygens (including phenoxy) is 3. The third-order valence-corrected chi connectivity index (χ3v) is 1.46. The van der Waals surface area contributed by atoms with Crippen molar-refractivity contribution < 1.29 is 23.8 Å². The second-order valence-corrected chi connectivity index (χ2v) is 2.65. The van der Waals surface area contributed by atoms with E-state index in [1.807, 2.05) is 0 Å². The Morgan fingerprint density at radius 3 is 2.76 bits per heavy atom. The Morgan fingerprint density at radius 2 is 2.12 bits per heavy atom. The largest absolute Gasteiger partial charge is 0.508 e. The minimum absolute atomic E-state index is 0.0827. The van der Waals surface area contributed by atoms with Gasteiger partial charge in [-0.2, -0.15) is 0 Å². The van der Waals surface area contributed by atoms with Crippen LogP contribution in [0.4, 0.5) is 4.79 Å². The molecule has 0 radical (unpaired) electrons. The van der Waals surface area contributed by atoms with Crippen LogP contribution in [0, 0.1) is 0 Å². The van der Waals surface area contributed by atoms with Gasteiger partial charge in [0.1, 0.15) is 13.2 Å². The third-order valence-electron chi connectivity index (χ3n) is 1.46. The van der Waals surface area contributed by atoms with Gasteiger partial charge in [0, 0.05) is 11.5 Å². The van der Waals surface area contributed by atoms with Crippen molar-refractivity contribution >= 4 is 12.1 Å². The number of hydrogen-bond acceptors (Lipinski definition) is 6.